The number of nitrogens with zero attached hydrogens (tertiary/aromatic N) is 2. The summed E-state index contributed by atoms with van der Waals surface area (Å²) in [7, 11) is 0. The van der Waals surface area contributed by atoms with Crippen LogP contribution in [0.4, 0.5) is 0 Å². The molecule has 2 aromatic carbocycles. The molecular formula is C18H16ClN3O2. The number of amides is 1. The minimum absolute atomic E-state index is 0.0589. The summed E-state index contributed by atoms with van der Waals surface area (Å²) in [5.74, 6) is 0.628. The summed E-state index contributed by atoms with van der Waals surface area (Å²) in [6, 6.07) is 17.1. The number of benzene rings is 2. The van der Waals surface area contributed by atoms with Crippen LogP contribution in [-0.4, -0.2) is 16.1 Å². The van der Waals surface area contributed by atoms with Gasteiger partial charge in [-0.25, -0.2) is 0 Å². The van der Waals surface area contributed by atoms with Crippen LogP contribution in [0.2, 0.25) is 5.02 Å². The fourth-order valence-corrected chi connectivity index (χ4v) is 2.45. The van der Waals surface area contributed by atoms with Gasteiger partial charge in [0.1, 0.15) is 0 Å². The van der Waals surface area contributed by atoms with Gasteiger partial charge >= 0.3 is 0 Å². The van der Waals surface area contributed by atoms with Crippen molar-refractivity contribution in [1.29, 1.82) is 0 Å². The fraction of sp³-hybridized carbons (Fsp3) is 0.167. The second kappa shape index (κ2) is 7.75. The first-order valence-corrected chi connectivity index (χ1v) is 7.98. The van der Waals surface area contributed by atoms with Crippen molar-refractivity contribution in [3.63, 3.8) is 0 Å². The molecule has 0 spiro atoms. The summed E-state index contributed by atoms with van der Waals surface area (Å²) in [6.07, 6.45) is 1.11. The highest BCUT2D eigenvalue weighted by atomic mass is 35.5. The normalized spacial score (nSPS) is 10.5. The third kappa shape index (κ3) is 4.20. The Kier molecular flexibility index (Phi) is 5.23. The molecule has 3 rings (SSSR count). The number of hydrogen-bond acceptors (Lipinski definition) is 4. The van der Waals surface area contributed by atoms with E-state index in [1.807, 2.05) is 42.5 Å². The summed E-state index contributed by atoms with van der Waals surface area (Å²) >= 11 is 6.10. The highest BCUT2D eigenvalue weighted by molar-refractivity contribution is 6.33. The van der Waals surface area contributed by atoms with Crippen LogP contribution in [0.1, 0.15) is 17.9 Å². The van der Waals surface area contributed by atoms with E-state index < -0.39 is 0 Å². The average molecular weight is 342 g/mol. The smallest absolute Gasteiger partial charge is 0.249 e. The van der Waals surface area contributed by atoms with E-state index in [1.165, 1.54) is 0 Å². The summed E-state index contributed by atoms with van der Waals surface area (Å²) in [5.41, 5.74) is 1.81. The number of nitrogens with one attached hydrogen (secondary N) is 1. The molecule has 0 fully saturated rings. The Bertz CT molecular complexity index is 818. The molecule has 0 saturated heterocycles. The zero-order valence-corrected chi connectivity index (χ0v) is 13.7. The Labute approximate surface area is 144 Å². The molecule has 0 radical (unpaired) electrons. The molecule has 1 aromatic heterocycles. The molecule has 0 saturated carbocycles. The Hall–Kier alpha value is -2.66. The van der Waals surface area contributed by atoms with E-state index in [-0.39, 0.29) is 12.5 Å². The van der Waals surface area contributed by atoms with E-state index in [0.29, 0.717) is 35.2 Å². The molecule has 0 atom stereocenters. The van der Waals surface area contributed by atoms with E-state index in [4.69, 9.17) is 16.0 Å². The molecule has 0 aliphatic rings. The van der Waals surface area contributed by atoms with Crippen molar-refractivity contribution in [3.05, 3.63) is 71.1 Å². The lowest BCUT2D eigenvalue weighted by molar-refractivity contribution is -0.121. The first-order valence-electron chi connectivity index (χ1n) is 7.60. The minimum atomic E-state index is -0.0589. The van der Waals surface area contributed by atoms with Gasteiger partial charge in [0.05, 0.1) is 17.1 Å². The lowest BCUT2D eigenvalue weighted by atomic mass is 10.1. The van der Waals surface area contributed by atoms with E-state index in [2.05, 4.69) is 15.5 Å². The Balaban J connectivity index is 1.52. The summed E-state index contributed by atoms with van der Waals surface area (Å²) in [6.45, 7) is 0.199. The molecular weight excluding hydrogens is 326 g/mol. The SMILES string of the molecule is O=C(CCc1ccccc1)NCc1nnc(-c2ccccc2Cl)o1. The molecule has 6 heteroatoms. The van der Waals surface area contributed by atoms with Gasteiger partial charge in [0, 0.05) is 6.42 Å². The zero-order chi connectivity index (χ0) is 16.8. The minimum Gasteiger partial charge on any atom is -0.419 e. The fourth-order valence-electron chi connectivity index (χ4n) is 2.23. The molecule has 5 nitrogen and oxygen atoms in total. The number of carbonyl (C=O) groups excluding carboxylic acids is 1. The lowest BCUT2D eigenvalue weighted by Gasteiger charge is -2.03. The van der Waals surface area contributed by atoms with E-state index in [0.717, 1.165) is 5.56 Å². The zero-order valence-electron chi connectivity index (χ0n) is 12.9. The third-order valence-corrected chi connectivity index (χ3v) is 3.82. The van der Waals surface area contributed by atoms with Gasteiger partial charge in [-0.2, -0.15) is 0 Å². The monoisotopic (exact) mass is 341 g/mol. The van der Waals surface area contributed by atoms with Crippen LogP contribution in [0.3, 0.4) is 0 Å². The van der Waals surface area contributed by atoms with Crippen molar-refractivity contribution in [2.75, 3.05) is 0 Å². The van der Waals surface area contributed by atoms with E-state index >= 15 is 0 Å². The second-order valence-electron chi connectivity index (χ2n) is 5.24. The van der Waals surface area contributed by atoms with Gasteiger partial charge in [-0.3, -0.25) is 4.79 Å². The van der Waals surface area contributed by atoms with Gasteiger partial charge in [-0.05, 0) is 24.1 Å². The van der Waals surface area contributed by atoms with E-state index in [9.17, 15) is 4.79 Å². The predicted octanol–water partition coefficient (Wildman–Crippen LogP) is 3.64. The van der Waals surface area contributed by atoms with Gasteiger partial charge in [-0.15, -0.1) is 10.2 Å². The van der Waals surface area contributed by atoms with Gasteiger partial charge in [0.2, 0.25) is 17.7 Å². The van der Waals surface area contributed by atoms with Gasteiger partial charge in [0.15, 0.2) is 0 Å². The average Bonchev–Trinajstić information content (AvgIpc) is 3.08. The van der Waals surface area contributed by atoms with Crippen molar-refractivity contribution < 1.29 is 9.21 Å². The van der Waals surface area contributed by atoms with Crippen LogP contribution in [0, 0.1) is 0 Å². The first kappa shape index (κ1) is 16.2. The third-order valence-electron chi connectivity index (χ3n) is 3.49. The molecule has 3 aromatic rings. The lowest BCUT2D eigenvalue weighted by Crippen LogP contribution is -2.23. The van der Waals surface area contributed by atoms with Crippen molar-refractivity contribution in [1.82, 2.24) is 15.5 Å². The number of hydrogen-bond donors (Lipinski definition) is 1. The molecule has 1 heterocycles. The van der Waals surface area contributed by atoms with Crippen LogP contribution in [0.25, 0.3) is 11.5 Å². The molecule has 0 bridgehead atoms. The molecule has 0 aliphatic carbocycles. The Morgan fingerprint density at radius 1 is 1.04 bits per heavy atom. The van der Waals surface area contributed by atoms with Crippen molar-refractivity contribution in [2.24, 2.45) is 0 Å². The van der Waals surface area contributed by atoms with Crippen LogP contribution < -0.4 is 5.32 Å². The van der Waals surface area contributed by atoms with Crippen LogP contribution >= 0.6 is 11.6 Å². The molecule has 0 aliphatic heterocycles. The predicted molar refractivity (Wildman–Crippen MR) is 91.4 cm³/mol. The summed E-state index contributed by atoms with van der Waals surface area (Å²) < 4.78 is 5.54. The van der Waals surface area contributed by atoms with E-state index in [1.54, 1.807) is 12.1 Å². The molecule has 1 N–H and O–H groups in total. The first-order chi connectivity index (χ1) is 11.7. The van der Waals surface area contributed by atoms with Crippen molar-refractivity contribution in [2.45, 2.75) is 19.4 Å². The molecule has 0 unspecified atom stereocenters. The molecule has 24 heavy (non-hydrogen) atoms. The van der Waals surface area contributed by atoms with Gasteiger partial charge in [-0.1, -0.05) is 54.1 Å². The van der Waals surface area contributed by atoms with Crippen molar-refractivity contribution >= 4 is 17.5 Å². The highest BCUT2D eigenvalue weighted by Gasteiger charge is 2.12. The Morgan fingerprint density at radius 3 is 2.58 bits per heavy atom. The maximum atomic E-state index is 11.9. The molecule has 1 amide bonds. The topological polar surface area (TPSA) is 68.0 Å². The number of aryl methyl sites for hydroxylation is 1. The Morgan fingerprint density at radius 2 is 1.79 bits per heavy atom. The quantitative estimate of drug-likeness (QED) is 0.743. The number of aromatic nitrogens is 2. The highest BCUT2D eigenvalue weighted by Crippen LogP contribution is 2.26. The van der Waals surface area contributed by atoms with Gasteiger partial charge < -0.3 is 9.73 Å². The maximum absolute atomic E-state index is 11.9. The number of carbonyl (C=O) groups is 1. The summed E-state index contributed by atoms with van der Waals surface area (Å²) in [4.78, 5) is 11.9. The second-order valence-corrected chi connectivity index (χ2v) is 5.65. The number of halogens is 1. The molecule has 122 valence electrons. The van der Waals surface area contributed by atoms with Gasteiger partial charge in [0.25, 0.3) is 0 Å². The van der Waals surface area contributed by atoms with Crippen LogP contribution in [0.15, 0.2) is 59.0 Å². The number of rotatable bonds is 6. The largest absolute Gasteiger partial charge is 0.419 e. The van der Waals surface area contributed by atoms with Crippen LogP contribution in [-0.2, 0) is 17.8 Å². The summed E-state index contributed by atoms with van der Waals surface area (Å²) in [5, 5.41) is 11.2. The standard InChI is InChI=1S/C18H16ClN3O2/c19-15-9-5-4-8-14(15)18-22-21-17(24-18)12-20-16(23)11-10-13-6-2-1-3-7-13/h1-9H,10-12H2,(H,20,23). The van der Waals surface area contributed by atoms with Crippen LogP contribution in [0.5, 0.6) is 0 Å². The van der Waals surface area contributed by atoms with Crippen molar-refractivity contribution in [3.8, 4) is 11.5 Å². The maximum Gasteiger partial charge on any atom is 0.249 e.